The number of benzene rings is 1. The van der Waals surface area contributed by atoms with E-state index in [2.05, 4.69) is 20.6 Å². The third-order valence-corrected chi connectivity index (χ3v) is 7.51. The van der Waals surface area contributed by atoms with Crippen LogP contribution in [-0.4, -0.2) is 46.3 Å². The molecule has 0 bridgehead atoms. The van der Waals surface area contributed by atoms with Crippen molar-refractivity contribution >= 4 is 35.0 Å². The summed E-state index contributed by atoms with van der Waals surface area (Å²) in [5, 5.41) is 6.08. The molecule has 10 heteroatoms. The Bertz CT molecular complexity index is 1120. The van der Waals surface area contributed by atoms with Crippen LogP contribution in [0.15, 0.2) is 24.5 Å². The van der Waals surface area contributed by atoms with E-state index in [0.29, 0.717) is 37.9 Å². The van der Waals surface area contributed by atoms with Gasteiger partial charge >= 0.3 is 0 Å². The Morgan fingerprint density at radius 3 is 2.50 bits per heavy atom. The molecule has 5 rings (SSSR count). The first kappa shape index (κ1) is 22.8. The summed E-state index contributed by atoms with van der Waals surface area (Å²) < 4.78 is 13.5. The van der Waals surface area contributed by atoms with Crippen LogP contribution in [0.2, 0.25) is 5.02 Å². The Morgan fingerprint density at radius 2 is 1.79 bits per heavy atom. The first-order valence-electron chi connectivity index (χ1n) is 11.8. The van der Waals surface area contributed by atoms with Crippen LogP contribution < -0.4 is 15.5 Å². The van der Waals surface area contributed by atoms with Gasteiger partial charge in [-0.25, -0.2) is 9.37 Å². The van der Waals surface area contributed by atoms with Crippen LogP contribution in [0.5, 0.6) is 0 Å². The number of nitrogens with one attached hydrogen (secondary N) is 3. The molecule has 3 fully saturated rings. The highest BCUT2D eigenvalue weighted by Crippen LogP contribution is 2.46. The molecule has 0 unspecified atom stereocenters. The Labute approximate surface area is 201 Å². The first-order valence-corrected chi connectivity index (χ1v) is 12.2. The maximum absolute atomic E-state index is 13.5. The Kier molecular flexibility index (Phi) is 6.06. The van der Waals surface area contributed by atoms with E-state index < -0.39 is 11.2 Å². The lowest BCUT2D eigenvalue weighted by Gasteiger charge is -2.45. The molecule has 1 aliphatic heterocycles. The number of anilines is 1. The third kappa shape index (κ3) is 4.41. The number of carbonyl (C=O) groups is 3. The molecule has 2 aromatic rings. The molecule has 0 atom stereocenters. The van der Waals surface area contributed by atoms with Crippen molar-refractivity contribution in [2.45, 2.75) is 63.5 Å². The number of piperidine rings is 1. The molecule has 2 saturated carbocycles. The van der Waals surface area contributed by atoms with Gasteiger partial charge in [-0.1, -0.05) is 11.6 Å². The molecule has 2 aliphatic carbocycles. The first-order chi connectivity index (χ1) is 16.4. The molecule has 34 heavy (non-hydrogen) atoms. The fourth-order valence-electron chi connectivity index (χ4n) is 5.16. The van der Waals surface area contributed by atoms with Gasteiger partial charge in [-0.05, 0) is 69.6 Å². The highest BCUT2D eigenvalue weighted by Gasteiger charge is 2.47. The fraction of sp³-hybridized carbons (Fsp3) is 0.500. The van der Waals surface area contributed by atoms with E-state index >= 15 is 0 Å². The number of hydrogen-bond acceptors (Lipinski definition) is 4. The van der Waals surface area contributed by atoms with Gasteiger partial charge in [-0.15, -0.1) is 0 Å². The molecule has 3 amide bonds. The zero-order chi connectivity index (χ0) is 23.9. The number of amides is 3. The van der Waals surface area contributed by atoms with Crippen molar-refractivity contribution in [1.29, 1.82) is 0 Å². The zero-order valence-corrected chi connectivity index (χ0v) is 19.5. The number of rotatable bonds is 5. The second-order valence-corrected chi connectivity index (χ2v) is 9.97. The van der Waals surface area contributed by atoms with Crippen LogP contribution in [0.1, 0.15) is 72.3 Å². The zero-order valence-electron chi connectivity index (χ0n) is 18.7. The highest BCUT2D eigenvalue weighted by atomic mass is 35.5. The SMILES string of the molecule is O=C(NC1CC1)c1nc[nH]c1C(=O)N[C@H]1CC[C@@]2(CCCN(c3ccc(F)cc3Cl)C2=O)CC1. The quantitative estimate of drug-likeness (QED) is 0.599. The molecule has 1 saturated heterocycles. The molecule has 3 aliphatic rings. The van der Waals surface area contributed by atoms with Crippen molar-refractivity contribution in [1.82, 2.24) is 20.6 Å². The van der Waals surface area contributed by atoms with Crippen LogP contribution in [0.4, 0.5) is 10.1 Å². The Hall–Kier alpha value is -2.94. The van der Waals surface area contributed by atoms with Crippen LogP contribution in [-0.2, 0) is 4.79 Å². The van der Waals surface area contributed by atoms with Gasteiger partial charge in [-0.3, -0.25) is 14.4 Å². The summed E-state index contributed by atoms with van der Waals surface area (Å²) >= 11 is 6.23. The monoisotopic (exact) mass is 487 g/mol. The molecule has 0 radical (unpaired) electrons. The summed E-state index contributed by atoms with van der Waals surface area (Å²) in [5.74, 6) is -1.13. The van der Waals surface area contributed by atoms with E-state index in [1.165, 1.54) is 18.5 Å². The lowest BCUT2D eigenvalue weighted by Crippen LogP contribution is -2.52. The smallest absolute Gasteiger partial charge is 0.272 e. The Balaban J connectivity index is 1.22. The van der Waals surface area contributed by atoms with Crippen molar-refractivity contribution in [3.63, 3.8) is 0 Å². The average Bonchev–Trinajstić information content (AvgIpc) is 3.48. The van der Waals surface area contributed by atoms with Crippen LogP contribution in [0.25, 0.3) is 0 Å². The summed E-state index contributed by atoms with van der Waals surface area (Å²) in [5.41, 5.74) is 0.301. The van der Waals surface area contributed by atoms with Gasteiger partial charge < -0.3 is 20.5 Å². The van der Waals surface area contributed by atoms with Crippen molar-refractivity contribution in [2.24, 2.45) is 5.41 Å². The lowest BCUT2D eigenvalue weighted by molar-refractivity contribution is -0.132. The van der Waals surface area contributed by atoms with E-state index in [0.717, 1.165) is 25.7 Å². The van der Waals surface area contributed by atoms with Gasteiger partial charge in [0.05, 0.1) is 17.0 Å². The predicted octanol–water partition coefficient (Wildman–Crippen LogP) is 3.58. The minimum atomic E-state index is -0.500. The number of nitrogens with zero attached hydrogens (tertiary/aromatic N) is 2. The topological polar surface area (TPSA) is 107 Å². The molecular formula is C24H27ClFN5O3. The van der Waals surface area contributed by atoms with Gasteiger partial charge in [0, 0.05) is 24.0 Å². The predicted molar refractivity (Wildman–Crippen MR) is 124 cm³/mol. The highest BCUT2D eigenvalue weighted by molar-refractivity contribution is 6.33. The lowest BCUT2D eigenvalue weighted by atomic mass is 9.67. The summed E-state index contributed by atoms with van der Waals surface area (Å²) in [7, 11) is 0. The summed E-state index contributed by atoms with van der Waals surface area (Å²) in [6, 6.07) is 4.18. The summed E-state index contributed by atoms with van der Waals surface area (Å²) in [4.78, 5) is 47.2. The van der Waals surface area contributed by atoms with Crippen LogP contribution in [0.3, 0.4) is 0 Å². The van der Waals surface area contributed by atoms with Gasteiger partial charge in [0.25, 0.3) is 11.8 Å². The standard InChI is InChI=1S/C24H27ClFN5O3/c25-17-12-14(26)2-5-18(17)31-11-1-8-24(23(31)34)9-6-16(7-10-24)30-22(33)20-19(27-13-28-20)21(32)29-15-3-4-15/h2,5,12-13,15-16H,1,3-4,6-11H2,(H,27,28)(H,29,32)(H,30,33)/t16-,24-. The van der Waals surface area contributed by atoms with E-state index in [9.17, 15) is 18.8 Å². The maximum atomic E-state index is 13.5. The normalized spacial score (nSPS) is 24.8. The number of imidazole rings is 1. The van der Waals surface area contributed by atoms with E-state index in [-0.39, 0.29) is 46.2 Å². The molecular weight excluding hydrogens is 461 g/mol. The number of aromatic amines is 1. The van der Waals surface area contributed by atoms with Crippen molar-refractivity contribution in [2.75, 3.05) is 11.4 Å². The van der Waals surface area contributed by atoms with Gasteiger partial charge in [0.2, 0.25) is 5.91 Å². The maximum Gasteiger partial charge on any atom is 0.272 e. The van der Waals surface area contributed by atoms with Crippen LogP contribution in [0, 0.1) is 11.2 Å². The number of hydrogen-bond donors (Lipinski definition) is 3. The van der Waals surface area contributed by atoms with Gasteiger partial charge in [-0.2, -0.15) is 0 Å². The van der Waals surface area contributed by atoms with E-state index in [1.807, 2.05) is 0 Å². The van der Waals surface area contributed by atoms with Gasteiger partial charge in [0.15, 0.2) is 5.69 Å². The minimum Gasteiger partial charge on any atom is -0.348 e. The fourth-order valence-corrected chi connectivity index (χ4v) is 5.43. The summed E-state index contributed by atoms with van der Waals surface area (Å²) in [6.07, 6.45) is 7.46. The molecule has 1 aromatic heterocycles. The third-order valence-electron chi connectivity index (χ3n) is 7.21. The molecule has 180 valence electrons. The number of carbonyl (C=O) groups excluding carboxylic acids is 3. The number of halogens is 2. The minimum absolute atomic E-state index is 0.0182. The summed E-state index contributed by atoms with van der Waals surface area (Å²) in [6.45, 7) is 0.553. The largest absolute Gasteiger partial charge is 0.348 e. The van der Waals surface area contributed by atoms with Crippen molar-refractivity contribution < 1.29 is 18.8 Å². The van der Waals surface area contributed by atoms with Crippen molar-refractivity contribution in [3.05, 3.63) is 46.8 Å². The van der Waals surface area contributed by atoms with Gasteiger partial charge in [0.1, 0.15) is 11.5 Å². The Morgan fingerprint density at radius 1 is 1.09 bits per heavy atom. The second-order valence-electron chi connectivity index (χ2n) is 9.56. The molecule has 3 N–H and O–H groups in total. The molecule has 1 aromatic carbocycles. The molecule has 8 nitrogen and oxygen atoms in total. The molecule has 2 heterocycles. The molecule has 1 spiro atoms. The van der Waals surface area contributed by atoms with Crippen LogP contribution >= 0.6 is 11.6 Å². The average molecular weight is 488 g/mol. The van der Waals surface area contributed by atoms with E-state index in [4.69, 9.17) is 11.6 Å². The van der Waals surface area contributed by atoms with Crippen molar-refractivity contribution in [3.8, 4) is 0 Å². The number of aromatic nitrogens is 2. The second kappa shape index (κ2) is 9.02. The number of H-pyrrole nitrogens is 1. The van der Waals surface area contributed by atoms with E-state index in [1.54, 1.807) is 11.0 Å².